The number of nitrogens with two attached hydrogens (primary N) is 1. The first-order valence-corrected chi connectivity index (χ1v) is 10.0. The van der Waals surface area contributed by atoms with E-state index < -0.39 is 29.6 Å². The number of esters is 1. The summed E-state index contributed by atoms with van der Waals surface area (Å²) in [7, 11) is 0. The van der Waals surface area contributed by atoms with Crippen molar-refractivity contribution in [2.45, 2.75) is 0 Å². The fourth-order valence-corrected chi connectivity index (χ4v) is 3.74. The molecule has 1 aliphatic rings. The van der Waals surface area contributed by atoms with Crippen LogP contribution in [0.1, 0.15) is 15.9 Å². The molecule has 148 valence electrons. The highest BCUT2D eigenvalue weighted by atomic mass is 79.9. The van der Waals surface area contributed by atoms with Crippen LogP contribution in [0.4, 0.5) is 4.79 Å². The molecule has 0 atom stereocenters. The molecule has 2 aromatic carbocycles. The van der Waals surface area contributed by atoms with E-state index in [9.17, 15) is 19.2 Å². The third kappa shape index (κ3) is 5.06. The van der Waals surface area contributed by atoms with Crippen LogP contribution in [0.25, 0.3) is 6.08 Å². The zero-order valence-electron chi connectivity index (χ0n) is 14.6. The van der Waals surface area contributed by atoms with Gasteiger partial charge >= 0.3 is 5.97 Å². The fraction of sp³-hybridized carbons (Fsp3) is 0.0526. The number of rotatable bonds is 5. The minimum atomic E-state index is -0.798. The van der Waals surface area contributed by atoms with Gasteiger partial charge in [0.15, 0.2) is 0 Å². The van der Waals surface area contributed by atoms with Crippen molar-refractivity contribution in [3.8, 4) is 5.75 Å². The molecule has 0 saturated carbocycles. The van der Waals surface area contributed by atoms with Gasteiger partial charge in [0, 0.05) is 15.1 Å². The molecule has 0 bridgehead atoms. The molecular formula is C19H12BrClN2O5S. The van der Waals surface area contributed by atoms with E-state index in [1.165, 1.54) is 18.2 Å². The quantitative estimate of drug-likeness (QED) is 0.384. The molecule has 1 aliphatic heterocycles. The molecule has 0 aliphatic carbocycles. The first-order valence-electron chi connectivity index (χ1n) is 8.05. The summed E-state index contributed by atoms with van der Waals surface area (Å²) in [5, 5.41) is -0.118. The largest absolute Gasteiger partial charge is 0.422 e. The van der Waals surface area contributed by atoms with Gasteiger partial charge in [-0.15, -0.1) is 0 Å². The van der Waals surface area contributed by atoms with Crippen LogP contribution in [0.5, 0.6) is 5.75 Å². The van der Waals surface area contributed by atoms with E-state index in [0.29, 0.717) is 32.4 Å². The molecular weight excluding hydrogens is 484 g/mol. The van der Waals surface area contributed by atoms with E-state index in [0.717, 1.165) is 4.90 Å². The summed E-state index contributed by atoms with van der Waals surface area (Å²) in [6.45, 7) is -0.501. The Labute approximate surface area is 183 Å². The Hall–Kier alpha value is -2.62. The highest BCUT2D eigenvalue weighted by molar-refractivity contribution is 9.10. The van der Waals surface area contributed by atoms with Crippen molar-refractivity contribution >= 4 is 68.4 Å². The Morgan fingerprint density at radius 2 is 1.86 bits per heavy atom. The van der Waals surface area contributed by atoms with Gasteiger partial charge in [0.1, 0.15) is 12.3 Å². The minimum Gasteiger partial charge on any atom is -0.422 e. The molecule has 0 spiro atoms. The Kier molecular flexibility index (Phi) is 6.41. The molecule has 0 aromatic heterocycles. The number of thioether (sulfide) groups is 1. The predicted molar refractivity (Wildman–Crippen MR) is 112 cm³/mol. The average molecular weight is 496 g/mol. The number of primary amides is 1. The Morgan fingerprint density at radius 1 is 1.17 bits per heavy atom. The second-order valence-corrected chi connectivity index (χ2v) is 8.16. The maximum atomic E-state index is 12.4. The van der Waals surface area contributed by atoms with Gasteiger partial charge in [-0.3, -0.25) is 19.3 Å². The Balaban J connectivity index is 1.89. The van der Waals surface area contributed by atoms with Crippen LogP contribution in [0.15, 0.2) is 51.8 Å². The summed E-state index contributed by atoms with van der Waals surface area (Å²) < 4.78 is 6.12. The average Bonchev–Trinajstić information content (AvgIpc) is 2.91. The zero-order valence-corrected chi connectivity index (χ0v) is 17.7. The van der Waals surface area contributed by atoms with Crippen LogP contribution in [0.2, 0.25) is 5.02 Å². The molecule has 2 aromatic rings. The lowest BCUT2D eigenvalue weighted by molar-refractivity contribution is -0.127. The molecule has 1 heterocycles. The van der Waals surface area contributed by atoms with E-state index in [4.69, 9.17) is 22.1 Å². The van der Waals surface area contributed by atoms with Crippen LogP contribution in [-0.4, -0.2) is 34.5 Å². The van der Waals surface area contributed by atoms with Crippen molar-refractivity contribution < 1.29 is 23.9 Å². The molecule has 2 N–H and O–H groups in total. The third-order valence-corrected chi connectivity index (χ3v) is 5.38. The van der Waals surface area contributed by atoms with Gasteiger partial charge in [-0.05, 0) is 60.3 Å². The molecule has 1 fully saturated rings. The second kappa shape index (κ2) is 8.81. The molecule has 0 radical (unpaired) electrons. The number of benzene rings is 2. The van der Waals surface area contributed by atoms with Crippen molar-refractivity contribution in [2.24, 2.45) is 5.73 Å². The van der Waals surface area contributed by atoms with Crippen LogP contribution < -0.4 is 10.5 Å². The summed E-state index contributed by atoms with van der Waals surface area (Å²) in [6, 6.07) is 11.0. The van der Waals surface area contributed by atoms with Crippen molar-refractivity contribution in [2.75, 3.05) is 6.54 Å². The summed E-state index contributed by atoms with van der Waals surface area (Å²) >= 11 is 9.82. The van der Waals surface area contributed by atoms with Crippen LogP contribution in [0.3, 0.4) is 0 Å². The lowest BCUT2D eigenvalue weighted by Gasteiger charge is -2.10. The smallest absolute Gasteiger partial charge is 0.343 e. The Bertz CT molecular complexity index is 1060. The number of amides is 3. The van der Waals surface area contributed by atoms with Gasteiger partial charge in [0.25, 0.3) is 11.1 Å². The van der Waals surface area contributed by atoms with Gasteiger partial charge in [0.05, 0.1) is 10.5 Å². The standard InChI is InChI=1S/C19H12BrClN2O5S/c20-12-3-6-14(28-18(26)10-1-4-13(21)5-2-10)11(7-12)8-15-17(25)23(9-16(22)24)19(27)29-15/h1-8H,9H2,(H2,22,24)/b15-8-. The van der Waals surface area contributed by atoms with Crippen molar-refractivity contribution in [1.29, 1.82) is 0 Å². The highest BCUT2D eigenvalue weighted by Crippen LogP contribution is 2.35. The first kappa shape index (κ1) is 21.1. The number of carbonyl (C=O) groups is 4. The summed E-state index contributed by atoms with van der Waals surface area (Å²) in [6.07, 6.45) is 1.42. The van der Waals surface area contributed by atoms with Crippen molar-refractivity contribution in [3.63, 3.8) is 0 Å². The maximum absolute atomic E-state index is 12.4. The zero-order chi connectivity index (χ0) is 21.1. The topological polar surface area (TPSA) is 107 Å². The van der Waals surface area contributed by atoms with Gasteiger partial charge < -0.3 is 10.5 Å². The summed E-state index contributed by atoms with van der Waals surface area (Å²) in [5.41, 5.74) is 5.76. The normalized spacial score (nSPS) is 15.1. The molecule has 10 heteroatoms. The molecule has 0 unspecified atom stereocenters. The summed E-state index contributed by atoms with van der Waals surface area (Å²) in [5.74, 6) is -1.86. The van der Waals surface area contributed by atoms with Gasteiger partial charge in [0.2, 0.25) is 5.91 Å². The van der Waals surface area contributed by atoms with Crippen LogP contribution in [-0.2, 0) is 9.59 Å². The second-order valence-electron chi connectivity index (χ2n) is 5.81. The van der Waals surface area contributed by atoms with E-state index >= 15 is 0 Å². The molecule has 3 amide bonds. The van der Waals surface area contributed by atoms with Crippen LogP contribution in [0, 0.1) is 0 Å². The fourth-order valence-electron chi connectivity index (χ4n) is 2.40. The molecule has 3 rings (SSSR count). The number of nitrogens with zero attached hydrogens (tertiary/aromatic N) is 1. The number of halogens is 2. The number of hydrogen-bond acceptors (Lipinski definition) is 6. The first-order chi connectivity index (χ1) is 13.7. The van der Waals surface area contributed by atoms with Crippen molar-refractivity contribution in [1.82, 2.24) is 4.90 Å². The Morgan fingerprint density at radius 3 is 2.52 bits per heavy atom. The maximum Gasteiger partial charge on any atom is 0.343 e. The van der Waals surface area contributed by atoms with E-state index in [1.807, 2.05) is 0 Å². The molecule has 1 saturated heterocycles. The third-order valence-electron chi connectivity index (χ3n) is 3.73. The SMILES string of the molecule is NC(=O)CN1C(=O)S/C(=C\c2cc(Br)ccc2OC(=O)c2ccc(Cl)cc2)C1=O. The van der Waals surface area contributed by atoms with Gasteiger partial charge in [-0.1, -0.05) is 27.5 Å². The molecule has 7 nitrogen and oxygen atoms in total. The lowest BCUT2D eigenvalue weighted by Crippen LogP contribution is -2.36. The van der Waals surface area contributed by atoms with E-state index in [2.05, 4.69) is 15.9 Å². The van der Waals surface area contributed by atoms with Gasteiger partial charge in [-0.25, -0.2) is 4.79 Å². The monoisotopic (exact) mass is 494 g/mol. The van der Waals surface area contributed by atoms with E-state index in [-0.39, 0.29) is 10.7 Å². The van der Waals surface area contributed by atoms with Gasteiger partial charge in [-0.2, -0.15) is 0 Å². The van der Waals surface area contributed by atoms with E-state index in [1.54, 1.807) is 30.3 Å². The lowest BCUT2D eigenvalue weighted by atomic mass is 10.1. The summed E-state index contributed by atoms with van der Waals surface area (Å²) in [4.78, 5) is 48.7. The van der Waals surface area contributed by atoms with Crippen LogP contribution >= 0.6 is 39.3 Å². The van der Waals surface area contributed by atoms with Crippen molar-refractivity contribution in [3.05, 3.63) is 68.0 Å². The number of carbonyl (C=O) groups excluding carboxylic acids is 4. The minimum absolute atomic E-state index is 0.0816. The molecule has 29 heavy (non-hydrogen) atoms. The number of imide groups is 1. The number of ether oxygens (including phenoxy) is 1. The predicted octanol–water partition coefficient (Wildman–Crippen LogP) is 3.84. The highest BCUT2D eigenvalue weighted by Gasteiger charge is 2.36. The number of hydrogen-bond donors (Lipinski definition) is 1.